The van der Waals surface area contributed by atoms with Crippen molar-refractivity contribution in [2.45, 2.75) is 65.1 Å². The van der Waals surface area contributed by atoms with Gasteiger partial charge in [-0.3, -0.25) is 0 Å². The number of aliphatic hydroxyl groups excluding tert-OH is 1. The van der Waals surface area contributed by atoms with Crippen molar-refractivity contribution in [3.8, 4) is 0 Å². The SMILES string of the molecule is CC1CCC23C1CC(C)(C)C(O)C2CC3(C)O. The third-order valence-corrected chi connectivity index (χ3v) is 6.57. The third-order valence-electron chi connectivity index (χ3n) is 6.57. The van der Waals surface area contributed by atoms with E-state index in [0.717, 1.165) is 19.3 Å². The van der Waals surface area contributed by atoms with Crippen molar-refractivity contribution >= 4 is 0 Å². The van der Waals surface area contributed by atoms with Crippen molar-refractivity contribution in [3.05, 3.63) is 0 Å². The van der Waals surface area contributed by atoms with Gasteiger partial charge in [-0.2, -0.15) is 0 Å². The molecule has 3 aliphatic rings. The Kier molecular flexibility index (Phi) is 2.17. The molecular formula is C15H26O2. The fourth-order valence-corrected chi connectivity index (χ4v) is 5.57. The molecule has 2 N–H and O–H groups in total. The van der Waals surface area contributed by atoms with Crippen LogP contribution in [0.15, 0.2) is 0 Å². The zero-order valence-electron chi connectivity index (χ0n) is 11.5. The molecule has 3 saturated carbocycles. The summed E-state index contributed by atoms with van der Waals surface area (Å²) in [5.74, 6) is 1.64. The van der Waals surface area contributed by atoms with E-state index in [2.05, 4.69) is 20.8 Å². The Morgan fingerprint density at radius 1 is 1.06 bits per heavy atom. The van der Waals surface area contributed by atoms with Gasteiger partial charge >= 0.3 is 0 Å². The molecule has 0 aromatic carbocycles. The maximum atomic E-state index is 10.7. The van der Waals surface area contributed by atoms with Gasteiger partial charge in [-0.05, 0) is 55.8 Å². The fourth-order valence-electron chi connectivity index (χ4n) is 5.57. The molecule has 98 valence electrons. The highest BCUT2D eigenvalue weighted by molar-refractivity contribution is 5.22. The van der Waals surface area contributed by atoms with Gasteiger partial charge in [0, 0.05) is 5.41 Å². The minimum absolute atomic E-state index is 0.0218. The average Bonchev–Trinajstić information content (AvgIpc) is 2.54. The van der Waals surface area contributed by atoms with E-state index < -0.39 is 5.60 Å². The molecule has 3 fully saturated rings. The van der Waals surface area contributed by atoms with Crippen LogP contribution < -0.4 is 0 Å². The molecule has 0 saturated heterocycles. The van der Waals surface area contributed by atoms with E-state index in [1.807, 2.05) is 6.92 Å². The summed E-state index contributed by atoms with van der Waals surface area (Å²) >= 11 is 0. The monoisotopic (exact) mass is 238 g/mol. The molecule has 3 rings (SSSR count). The zero-order chi connectivity index (χ0) is 12.6. The van der Waals surface area contributed by atoms with Crippen LogP contribution in [-0.4, -0.2) is 21.9 Å². The van der Waals surface area contributed by atoms with Crippen LogP contribution in [0.2, 0.25) is 0 Å². The highest BCUT2D eigenvalue weighted by Gasteiger charge is 2.73. The van der Waals surface area contributed by atoms with Crippen molar-refractivity contribution in [2.75, 3.05) is 0 Å². The summed E-state index contributed by atoms with van der Waals surface area (Å²) in [6.45, 7) is 8.72. The van der Waals surface area contributed by atoms with Gasteiger partial charge < -0.3 is 10.2 Å². The smallest absolute Gasteiger partial charge is 0.0685 e. The van der Waals surface area contributed by atoms with Crippen LogP contribution in [0.1, 0.15) is 53.4 Å². The lowest BCUT2D eigenvalue weighted by Crippen LogP contribution is -2.71. The van der Waals surface area contributed by atoms with Crippen molar-refractivity contribution < 1.29 is 10.2 Å². The van der Waals surface area contributed by atoms with Gasteiger partial charge in [0.2, 0.25) is 0 Å². The zero-order valence-corrected chi connectivity index (χ0v) is 11.5. The third kappa shape index (κ3) is 1.19. The summed E-state index contributed by atoms with van der Waals surface area (Å²) in [6, 6.07) is 0. The summed E-state index contributed by atoms with van der Waals surface area (Å²) in [7, 11) is 0. The van der Waals surface area contributed by atoms with Crippen molar-refractivity contribution in [1.29, 1.82) is 0 Å². The van der Waals surface area contributed by atoms with Crippen LogP contribution in [0.5, 0.6) is 0 Å². The first kappa shape index (κ1) is 12.0. The van der Waals surface area contributed by atoms with E-state index in [0.29, 0.717) is 17.8 Å². The fraction of sp³-hybridized carbons (Fsp3) is 1.00. The molecule has 0 bridgehead atoms. The molecule has 0 amide bonds. The van der Waals surface area contributed by atoms with Crippen LogP contribution in [0.4, 0.5) is 0 Å². The Labute approximate surface area is 104 Å². The van der Waals surface area contributed by atoms with Gasteiger partial charge in [0.15, 0.2) is 0 Å². The highest BCUT2D eigenvalue weighted by atomic mass is 16.3. The molecule has 0 aliphatic heterocycles. The lowest BCUT2D eigenvalue weighted by Gasteiger charge is -2.69. The Balaban J connectivity index is 2.03. The van der Waals surface area contributed by atoms with E-state index in [9.17, 15) is 10.2 Å². The topological polar surface area (TPSA) is 40.5 Å². The van der Waals surface area contributed by atoms with Crippen molar-refractivity contribution in [1.82, 2.24) is 0 Å². The van der Waals surface area contributed by atoms with Gasteiger partial charge in [0.25, 0.3) is 0 Å². The van der Waals surface area contributed by atoms with Crippen LogP contribution in [0.3, 0.4) is 0 Å². The summed E-state index contributed by atoms with van der Waals surface area (Å²) < 4.78 is 0. The van der Waals surface area contributed by atoms with Gasteiger partial charge in [-0.25, -0.2) is 0 Å². The Morgan fingerprint density at radius 3 is 2.29 bits per heavy atom. The molecule has 0 heterocycles. The molecule has 3 aliphatic carbocycles. The first-order valence-corrected chi connectivity index (χ1v) is 7.13. The first-order valence-electron chi connectivity index (χ1n) is 7.13. The average molecular weight is 238 g/mol. The minimum Gasteiger partial charge on any atom is -0.392 e. The predicted octanol–water partition coefficient (Wildman–Crippen LogP) is 2.58. The molecule has 17 heavy (non-hydrogen) atoms. The lowest BCUT2D eigenvalue weighted by atomic mass is 9.38. The molecule has 6 atom stereocenters. The second kappa shape index (κ2) is 3.08. The molecular weight excluding hydrogens is 212 g/mol. The largest absolute Gasteiger partial charge is 0.392 e. The number of hydrogen-bond acceptors (Lipinski definition) is 2. The van der Waals surface area contributed by atoms with E-state index in [4.69, 9.17) is 0 Å². The quantitative estimate of drug-likeness (QED) is 0.681. The van der Waals surface area contributed by atoms with Gasteiger partial charge in [0.05, 0.1) is 11.7 Å². The van der Waals surface area contributed by atoms with Crippen LogP contribution in [-0.2, 0) is 0 Å². The Hall–Kier alpha value is -0.0800. The van der Waals surface area contributed by atoms with Crippen LogP contribution >= 0.6 is 0 Å². The predicted molar refractivity (Wildman–Crippen MR) is 67.5 cm³/mol. The van der Waals surface area contributed by atoms with Crippen LogP contribution in [0, 0.1) is 28.6 Å². The molecule has 6 unspecified atom stereocenters. The number of aliphatic hydroxyl groups is 2. The summed E-state index contributed by atoms with van der Waals surface area (Å²) in [6.07, 6.45) is 3.97. The minimum atomic E-state index is -0.537. The highest BCUT2D eigenvalue weighted by Crippen LogP contribution is 2.73. The molecule has 0 aromatic heterocycles. The lowest BCUT2D eigenvalue weighted by molar-refractivity contribution is -0.289. The Bertz CT molecular complexity index is 347. The second-order valence-electron chi connectivity index (χ2n) is 7.88. The van der Waals surface area contributed by atoms with Crippen molar-refractivity contribution in [2.24, 2.45) is 28.6 Å². The van der Waals surface area contributed by atoms with E-state index in [-0.39, 0.29) is 16.9 Å². The standard InChI is InChI=1S/C15H26O2/c1-9-5-6-15-10(9)7-13(2,3)12(16)11(15)8-14(15,4)17/h9-12,16-17H,5-8H2,1-4H3. The maximum Gasteiger partial charge on any atom is 0.0685 e. The van der Waals surface area contributed by atoms with Gasteiger partial charge in [-0.1, -0.05) is 20.8 Å². The van der Waals surface area contributed by atoms with Crippen molar-refractivity contribution in [3.63, 3.8) is 0 Å². The number of rotatable bonds is 0. The normalized spacial score (nSPS) is 60.4. The van der Waals surface area contributed by atoms with Gasteiger partial charge in [0.1, 0.15) is 0 Å². The van der Waals surface area contributed by atoms with E-state index >= 15 is 0 Å². The van der Waals surface area contributed by atoms with E-state index in [1.54, 1.807) is 0 Å². The molecule has 0 radical (unpaired) electrons. The molecule has 1 spiro atoms. The first-order chi connectivity index (χ1) is 7.72. The second-order valence-corrected chi connectivity index (χ2v) is 7.88. The molecule has 2 heteroatoms. The van der Waals surface area contributed by atoms with E-state index in [1.165, 1.54) is 6.42 Å². The summed E-state index contributed by atoms with van der Waals surface area (Å²) in [5, 5.41) is 21.2. The molecule has 2 nitrogen and oxygen atoms in total. The number of hydrogen-bond donors (Lipinski definition) is 2. The summed E-state index contributed by atoms with van der Waals surface area (Å²) in [5.41, 5.74) is -0.486. The summed E-state index contributed by atoms with van der Waals surface area (Å²) in [4.78, 5) is 0. The van der Waals surface area contributed by atoms with Crippen LogP contribution in [0.25, 0.3) is 0 Å². The Morgan fingerprint density at radius 2 is 1.71 bits per heavy atom. The van der Waals surface area contributed by atoms with Gasteiger partial charge in [-0.15, -0.1) is 0 Å². The molecule has 0 aromatic rings. The maximum absolute atomic E-state index is 10.7.